The Morgan fingerprint density at radius 3 is 2.94 bits per heavy atom. The maximum atomic E-state index is 11.5. The molecular weight excluding hydrogens is 232 g/mol. The van der Waals surface area contributed by atoms with Gasteiger partial charge in [-0.1, -0.05) is 11.6 Å². The Morgan fingerprint density at radius 2 is 2.25 bits per heavy atom. The van der Waals surface area contributed by atoms with E-state index < -0.39 is 15.6 Å². The Bertz CT molecular complexity index is 528. The molecule has 1 aliphatic rings. The second kappa shape index (κ2) is 4.04. The Balaban J connectivity index is 2.39. The van der Waals surface area contributed by atoms with Gasteiger partial charge in [-0.25, -0.2) is 13.2 Å². The molecule has 0 saturated heterocycles. The van der Waals surface area contributed by atoms with Gasteiger partial charge in [0, 0.05) is 12.7 Å². The molecule has 0 aromatic carbocycles. The van der Waals surface area contributed by atoms with Crippen LogP contribution in [-0.4, -0.2) is 30.2 Å². The van der Waals surface area contributed by atoms with Gasteiger partial charge in [-0.15, -0.1) is 0 Å². The molecule has 1 aromatic rings. The van der Waals surface area contributed by atoms with Crippen molar-refractivity contribution in [3.8, 4) is 0 Å². The van der Waals surface area contributed by atoms with E-state index in [1.807, 2.05) is 0 Å². The normalized spacial score (nSPS) is 21.4. The molecule has 1 atom stereocenters. The molecule has 1 aliphatic heterocycles. The molecule has 0 saturated carbocycles. The largest absolute Gasteiger partial charge is 0.441 e. The molecule has 2 heterocycles. The Labute approximate surface area is 93.2 Å². The molecule has 1 aromatic heterocycles. The SMILES string of the molecule is CS(=O)(=O)CC1CCCCc2noc(=O)n21. The molecule has 90 valence electrons. The third-order valence-corrected chi connectivity index (χ3v) is 3.74. The molecule has 0 radical (unpaired) electrons. The number of aryl methyl sites for hydroxylation is 1. The average Bonchev–Trinajstić information content (AvgIpc) is 2.40. The van der Waals surface area contributed by atoms with Crippen LogP contribution in [0, 0.1) is 0 Å². The topological polar surface area (TPSA) is 82.2 Å². The first-order chi connectivity index (χ1) is 7.47. The van der Waals surface area contributed by atoms with Crippen LogP contribution in [0.5, 0.6) is 0 Å². The van der Waals surface area contributed by atoms with Crippen molar-refractivity contribution >= 4 is 9.84 Å². The molecule has 0 N–H and O–H groups in total. The second-order valence-electron chi connectivity index (χ2n) is 4.23. The molecular formula is C9H14N2O4S. The van der Waals surface area contributed by atoms with Gasteiger partial charge in [0.1, 0.15) is 9.84 Å². The van der Waals surface area contributed by atoms with Crippen molar-refractivity contribution in [3.05, 3.63) is 16.4 Å². The molecule has 0 fully saturated rings. The van der Waals surface area contributed by atoms with Crippen LogP contribution in [0.1, 0.15) is 31.1 Å². The highest BCUT2D eigenvalue weighted by atomic mass is 32.2. The summed E-state index contributed by atoms with van der Waals surface area (Å²) >= 11 is 0. The van der Waals surface area contributed by atoms with E-state index in [-0.39, 0.29) is 11.8 Å². The lowest BCUT2D eigenvalue weighted by Crippen LogP contribution is -2.27. The quantitative estimate of drug-likeness (QED) is 0.741. The summed E-state index contributed by atoms with van der Waals surface area (Å²) in [5.41, 5.74) is 0. The molecule has 0 amide bonds. The molecule has 7 heteroatoms. The first-order valence-corrected chi connectivity index (χ1v) is 7.28. The summed E-state index contributed by atoms with van der Waals surface area (Å²) in [4.78, 5) is 11.5. The number of nitrogens with zero attached hydrogens (tertiary/aromatic N) is 2. The van der Waals surface area contributed by atoms with Gasteiger partial charge in [-0.3, -0.25) is 9.09 Å². The van der Waals surface area contributed by atoms with Gasteiger partial charge in [0.15, 0.2) is 5.82 Å². The average molecular weight is 246 g/mol. The third-order valence-electron chi connectivity index (χ3n) is 2.75. The van der Waals surface area contributed by atoms with E-state index in [0.29, 0.717) is 18.7 Å². The van der Waals surface area contributed by atoms with Crippen LogP contribution in [0.2, 0.25) is 0 Å². The van der Waals surface area contributed by atoms with Gasteiger partial charge < -0.3 is 0 Å². The summed E-state index contributed by atoms with van der Waals surface area (Å²) in [6.45, 7) is 0. The Morgan fingerprint density at radius 1 is 1.50 bits per heavy atom. The highest BCUT2D eigenvalue weighted by Crippen LogP contribution is 2.22. The van der Waals surface area contributed by atoms with Crippen LogP contribution in [0.25, 0.3) is 0 Å². The number of fused-ring (bicyclic) bond motifs is 1. The van der Waals surface area contributed by atoms with Gasteiger partial charge >= 0.3 is 5.76 Å². The van der Waals surface area contributed by atoms with Crippen LogP contribution in [-0.2, 0) is 16.3 Å². The van der Waals surface area contributed by atoms with E-state index in [1.165, 1.54) is 10.8 Å². The molecule has 0 spiro atoms. The van der Waals surface area contributed by atoms with Gasteiger partial charge in [-0.2, -0.15) is 0 Å². The van der Waals surface area contributed by atoms with Crippen LogP contribution < -0.4 is 5.76 Å². The maximum absolute atomic E-state index is 11.5. The molecule has 0 aliphatic carbocycles. The number of aromatic nitrogens is 2. The minimum atomic E-state index is -3.11. The minimum absolute atomic E-state index is 0.0267. The summed E-state index contributed by atoms with van der Waals surface area (Å²) < 4.78 is 28.6. The maximum Gasteiger partial charge on any atom is 0.441 e. The van der Waals surface area contributed by atoms with E-state index in [2.05, 4.69) is 9.68 Å². The lowest BCUT2D eigenvalue weighted by atomic mass is 10.1. The molecule has 0 bridgehead atoms. The lowest BCUT2D eigenvalue weighted by Gasteiger charge is -2.14. The van der Waals surface area contributed by atoms with Crippen molar-refractivity contribution in [1.29, 1.82) is 0 Å². The van der Waals surface area contributed by atoms with Crippen LogP contribution >= 0.6 is 0 Å². The highest BCUT2D eigenvalue weighted by molar-refractivity contribution is 7.90. The molecule has 6 nitrogen and oxygen atoms in total. The minimum Gasteiger partial charge on any atom is -0.296 e. The number of hydrogen-bond donors (Lipinski definition) is 0. The van der Waals surface area contributed by atoms with Crippen LogP contribution in [0.15, 0.2) is 9.32 Å². The van der Waals surface area contributed by atoms with Crippen molar-refractivity contribution in [2.75, 3.05) is 12.0 Å². The zero-order valence-corrected chi connectivity index (χ0v) is 9.87. The van der Waals surface area contributed by atoms with E-state index >= 15 is 0 Å². The molecule has 16 heavy (non-hydrogen) atoms. The van der Waals surface area contributed by atoms with Crippen molar-refractivity contribution in [2.45, 2.75) is 31.7 Å². The fourth-order valence-electron chi connectivity index (χ4n) is 2.11. The summed E-state index contributed by atoms with van der Waals surface area (Å²) in [5.74, 6) is -0.0112. The second-order valence-corrected chi connectivity index (χ2v) is 6.41. The van der Waals surface area contributed by atoms with Crippen molar-refractivity contribution in [3.63, 3.8) is 0 Å². The van der Waals surface area contributed by atoms with Crippen molar-refractivity contribution in [2.24, 2.45) is 0 Å². The van der Waals surface area contributed by atoms with Crippen LogP contribution in [0.3, 0.4) is 0 Å². The Hall–Kier alpha value is -1.11. The first-order valence-electron chi connectivity index (χ1n) is 5.22. The number of hydrogen-bond acceptors (Lipinski definition) is 5. The molecule has 2 rings (SSSR count). The summed E-state index contributed by atoms with van der Waals surface area (Å²) in [6, 6.07) is -0.328. The van der Waals surface area contributed by atoms with Gasteiger partial charge in [0.25, 0.3) is 0 Å². The van der Waals surface area contributed by atoms with Crippen molar-refractivity contribution in [1.82, 2.24) is 9.72 Å². The Kier molecular flexibility index (Phi) is 2.88. The highest BCUT2D eigenvalue weighted by Gasteiger charge is 2.25. The van der Waals surface area contributed by atoms with Gasteiger partial charge in [0.05, 0.1) is 11.8 Å². The predicted octanol–water partition coefficient (Wildman–Crippen LogP) is 0.148. The van der Waals surface area contributed by atoms with Crippen molar-refractivity contribution < 1.29 is 12.9 Å². The zero-order chi connectivity index (χ0) is 11.8. The standard InChI is InChI=1S/C9H14N2O4S/c1-16(13,14)6-7-4-2-3-5-8-10-15-9(12)11(7)8/h7H,2-6H2,1H3. The van der Waals surface area contributed by atoms with E-state index in [0.717, 1.165) is 12.8 Å². The summed E-state index contributed by atoms with van der Waals surface area (Å²) in [7, 11) is -3.11. The molecule has 1 unspecified atom stereocenters. The lowest BCUT2D eigenvalue weighted by molar-refractivity contribution is 0.359. The summed E-state index contributed by atoms with van der Waals surface area (Å²) in [5, 5.41) is 3.68. The van der Waals surface area contributed by atoms with Gasteiger partial charge in [0.2, 0.25) is 0 Å². The monoisotopic (exact) mass is 246 g/mol. The zero-order valence-electron chi connectivity index (χ0n) is 9.05. The number of sulfone groups is 1. The van der Waals surface area contributed by atoms with E-state index in [4.69, 9.17) is 0 Å². The van der Waals surface area contributed by atoms with Crippen LogP contribution in [0.4, 0.5) is 0 Å². The first kappa shape index (κ1) is 11.4. The fraction of sp³-hybridized carbons (Fsp3) is 0.778. The third kappa shape index (κ3) is 2.34. The summed E-state index contributed by atoms with van der Waals surface area (Å²) in [6.07, 6.45) is 4.35. The fourth-order valence-corrected chi connectivity index (χ4v) is 3.13. The smallest absolute Gasteiger partial charge is 0.296 e. The van der Waals surface area contributed by atoms with Gasteiger partial charge in [-0.05, 0) is 12.8 Å². The van der Waals surface area contributed by atoms with E-state index in [1.54, 1.807) is 0 Å². The predicted molar refractivity (Wildman–Crippen MR) is 57.1 cm³/mol. The number of rotatable bonds is 2. The van der Waals surface area contributed by atoms with E-state index in [9.17, 15) is 13.2 Å².